The van der Waals surface area contributed by atoms with Crippen molar-refractivity contribution in [3.05, 3.63) is 48.3 Å². The zero-order valence-corrected chi connectivity index (χ0v) is 28.9. The van der Waals surface area contributed by atoms with Crippen LogP contribution < -0.4 is 0 Å². The fourth-order valence-electron chi connectivity index (χ4n) is 4.22. The smallest absolute Gasteiger partial charge is 0.192 e. The topological polar surface area (TPSA) is 64.2 Å². The van der Waals surface area contributed by atoms with E-state index < -0.39 is 22.7 Å². The molecule has 0 spiro atoms. The summed E-state index contributed by atoms with van der Waals surface area (Å²) in [6.07, 6.45) is 3.50. The highest BCUT2D eigenvalue weighted by Crippen LogP contribution is 2.37. The van der Waals surface area contributed by atoms with Crippen molar-refractivity contribution in [3.8, 4) is 11.4 Å². The van der Waals surface area contributed by atoms with E-state index in [-0.39, 0.29) is 10.1 Å². The molecule has 0 aliphatic heterocycles. The highest BCUT2D eigenvalue weighted by atomic mass is 28.4. The Morgan fingerprint density at radius 3 is 1.98 bits per heavy atom. The first-order chi connectivity index (χ1) is 18.4. The molecule has 0 saturated carbocycles. The molecule has 0 aliphatic carbocycles. The van der Waals surface area contributed by atoms with E-state index in [1.165, 1.54) is 0 Å². The number of hydrogen-bond donors (Lipinski definition) is 1. The van der Waals surface area contributed by atoms with Gasteiger partial charge in [-0.2, -0.15) is 5.10 Å². The van der Waals surface area contributed by atoms with Crippen molar-refractivity contribution >= 4 is 22.2 Å². The van der Waals surface area contributed by atoms with Crippen LogP contribution in [0.5, 0.6) is 0 Å². The molecule has 3 rings (SSSR count). The molecule has 1 N–H and O–H groups in total. The van der Waals surface area contributed by atoms with Crippen LogP contribution in [-0.2, 0) is 15.4 Å². The fraction of sp³-hybridized carbons (Fsp3) is 0.645. The molecule has 3 heterocycles. The number of aromatic nitrogens is 3. The van der Waals surface area contributed by atoms with Crippen molar-refractivity contribution in [2.75, 3.05) is 32.8 Å². The lowest BCUT2D eigenvalue weighted by atomic mass is 10.1. The molecule has 224 valence electrons. The van der Waals surface area contributed by atoms with E-state index in [4.69, 9.17) is 14.0 Å². The summed E-state index contributed by atoms with van der Waals surface area (Å²) in [5.74, 6) is 0. The molecule has 3 aromatic rings. The Morgan fingerprint density at radius 2 is 1.45 bits per heavy atom. The zero-order chi connectivity index (χ0) is 29.9. The molecular weight excluding hydrogens is 533 g/mol. The minimum absolute atomic E-state index is 0.197. The summed E-state index contributed by atoms with van der Waals surface area (Å²) in [5.41, 5.74) is 3.77. The second-order valence-corrected chi connectivity index (χ2v) is 23.8. The molecule has 1 unspecified atom stereocenters. The Balaban J connectivity index is 1.71. The molecule has 0 fully saturated rings. The van der Waals surface area contributed by atoms with Gasteiger partial charge < -0.3 is 18.4 Å². The fourth-order valence-corrected chi connectivity index (χ4v) is 6.29. The van der Waals surface area contributed by atoms with E-state index in [1.54, 1.807) is 0 Å². The highest BCUT2D eigenvalue weighted by molar-refractivity contribution is 6.74. The second-order valence-electron chi connectivity index (χ2n) is 14.1. The molecule has 0 bridgehead atoms. The number of pyridine rings is 1. The van der Waals surface area contributed by atoms with Crippen molar-refractivity contribution in [3.63, 3.8) is 0 Å². The van der Waals surface area contributed by atoms with Crippen LogP contribution in [0.1, 0.15) is 60.1 Å². The second kappa shape index (κ2) is 12.6. The van der Waals surface area contributed by atoms with E-state index in [9.17, 15) is 5.11 Å². The first-order valence-corrected chi connectivity index (χ1v) is 20.6. The van der Waals surface area contributed by atoms with E-state index >= 15 is 0 Å². The molecule has 0 radical (unpaired) electrons. The van der Waals surface area contributed by atoms with Gasteiger partial charge in [0.1, 0.15) is 5.69 Å². The van der Waals surface area contributed by atoms with E-state index in [0.717, 1.165) is 61.9 Å². The van der Waals surface area contributed by atoms with Crippen molar-refractivity contribution < 1.29 is 14.0 Å². The van der Waals surface area contributed by atoms with Gasteiger partial charge in [-0.05, 0) is 67.5 Å². The molecule has 9 heteroatoms. The van der Waals surface area contributed by atoms with E-state index in [0.29, 0.717) is 0 Å². The number of aliphatic hydroxyl groups is 1. The molecular formula is C31H54N4O3Si2. The lowest BCUT2D eigenvalue weighted by Crippen LogP contribution is -2.45. The lowest BCUT2D eigenvalue weighted by Gasteiger charge is -2.38. The maximum atomic E-state index is 10.5. The van der Waals surface area contributed by atoms with E-state index in [1.807, 2.05) is 48.3 Å². The van der Waals surface area contributed by atoms with Gasteiger partial charge in [0.25, 0.3) is 0 Å². The molecule has 0 saturated heterocycles. The third kappa shape index (κ3) is 7.95. The minimum atomic E-state index is -1.80. The predicted octanol–water partition coefficient (Wildman–Crippen LogP) is 7.20. The van der Waals surface area contributed by atoms with Gasteiger partial charge in [0.15, 0.2) is 16.6 Å². The number of rotatable bonds is 13. The molecule has 0 amide bonds. The van der Waals surface area contributed by atoms with Crippen LogP contribution in [0.3, 0.4) is 0 Å². The summed E-state index contributed by atoms with van der Waals surface area (Å²) in [6, 6.07) is 10.2. The summed E-state index contributed by atoms with van der Waals surface area (Å²) in [7, 11) is -3.60. The van der Waals surface area contributed by atoms with Gasteiger partial charge in [-0.1, -0.05) is 47.6 Å². The van der Waals surface area contributed by atoms with Crippen molar-refractivity contribution in [1.82, 2.24) is 19.1 Å². The number of aliphatic hydroxyl groups excluding tert-OH is 1. The van der Waals surface area contributed by atoms with Crippen LogP contribution in [0.2, 0.25) is 36.3 Å². The molecule has 7 nitrogen and oxygen atoms in total. The van der Waals surface area contributed by atoms with Gasteiger partial charge in [-0.15, -0.1) is 0 Å². The molecule has 0 aromatic carbocycles. The first kappa shape index (κ1) is 32.8. The maximum Gasteiger partial charge on any atom is 0.192 e. The lowest BCUT2D eigenvalue weighted by molar-refractivity contribution is 0.160. The van der Waals surface area contributed by atoms with E-state index in [2.05, 4.69) is 83.1 Å². The number of fused-ring (bicyclic) bond motifs is 1. The van der Waals surface area contributed by atoms with Gasteiger partial charge in [0.2, 0.25) is 0 Å². The predicted molar refractivity (Wildman–Crippen MR) is 172 cm³/mol. The highest BCUT2D eigenvalue weighted by Gasteiger charge is 2.38. The van der Waals surface area contributed by atoms with Gasteiger partial charge in [0.05, 0.1) is 18.3 Å². The summed E-state index contributed by atoms with van der Waals surface area (Å²) in [4.78, 5) is 2.45. The zero-order valence-electron chi connectivity index (χ0n) is 26.9. The Morgan fingerprint density at radius 1 is 0.875 bits per heavy atom. The Hall–Kier alpha value is -1.76. The Labute approximate surface area is 244 Å². The van der Waals surface area contributed by atoms with Crippen LogP contribution in [0.4, 0.5) is 0 Å². The Bertz CT molecular complexity index is 1200. The first-order valence-electron chi connectivity index (χ1n) is 14.7. The summed E-state index contributed by atoms with van der Waals surface area (Å²) >= 11 is 0. The third-order valence-corrected chi connectivity index (χ3v) is 18.1. The van der Waals surface area contributed by atoms with Gasteiger partial charge in [0, 0.05) is 56.3 Å². The standard InChI is InChI=1S/C31H54N4O3Si2/c1-25(36)27-24-26-14-12-13-16-35(26)29(27)28-15-17-34(32-28)19-18-33(20-22-37-39(8,9)30(2,3)4)21-23-38-40(10,11)31(5,6)7/h12-17,24-25,36H,18-23H2,1-11H3. The van der Waals surface area contributed by atoms with Crippen molar-refractivity contribution in [1.29, 1.82) is 0 Å². The average Bonchev–Trinajstić information content (AvgIpc) is 3.45. The van der Waals surface area contributed by atoms with Gasteiger partial charge in [-0.3, -0.25) is 9.58 Å². The number of hydrogen-bond acceptors (Lipinski definition) is 5. The summed E-state index contributed by atoms with van der Waals surface area (Å²) in [6.45, 7) is 29.6. The molecule has 0 aliphatic rings. The number of nitrogens with zero attached hydrogens (tertiary/aromatic N) is 4. The van der Waals surface area contributed by atoms with Crippen molar-refractivity contribution in [2.24, 2.45) is 0 Å². The Kier molecular flexibility index (Phi) is 10.3. The SMILES string of the molecule is CC(O)c1cc2ccccn2c1-c1ccn(CCN(CCO[Si](C)(C)C(C)(C)C)CCO[Si](C)(C)C(C)(C)C)n1. The normalized spacial score (nSPS) is 14.4. The van der Waals surface area contributed by atoms with Crippen LogP contribution in [0.25, 0.3) is 16.9 Å². The largest absolute Gasteiger partial charge is 0.416 e. The average molecular weight is 587 g/mol. The summed E-state index contributed by atoms with van der Waals surface area (Å²) in [5, 5.41) is 15.8. The quantitative estimate of drug-likeness (QED) is 0.215. The minimum Gasteiger partial charge on any atom is -0.416 e. The van der Waals surface area contributed by atoms with Gasteiger partial charge >= 0.3 is 0 Å². The van der Waals surface area contributed by atoms with Crippen LogP contribution in [-0.4, -0.2) is 73.7 Å². The van der Waals surface area contributed by atoms with Crippen LogP contribution in [0, 0.1) is 0 Å². The maximum absolute atomic E-state index is 10.5. The van der Waals surface area contributed by atoms with Gasteiger partial charge in [-0.25, -0.2) is 0 Å². The monoisotopic (exact) mass is 586 g/mol. The molecule has 1 atom stereocenters. The molecule has 40 heavy (non-hydrogen) atoms. The third-order valence-electron chi connectivity index (χ3n) is 9.04. The van der Waals surface area contributed by atoms with Crippen molar-refractivity contribution in [2.45, 2.75) is 97.4 Å². The summed E-state index contributed by atoms with van der Waals surface area (Å²) < 4.78 is 17.2. The molecule has 3 aromatic heterocycles. The van der Waals surface area contributed by atoms with Crippen LogP contribution in [0.15, 0.2) is 42.7 Å². The van der Waals surface area contributed by atoms with Crippen LogP contribution >= 0.6 is 0 Å².